The largest absolute Gasteiger partial charge is 0.496 e. The van der Waals surface area contributed by atoms with Crippen molar-refractivity contribution in [2.75, 3.05) is 0 Å². The van der Waals surface area contributed by atoms with Crippen molar-refractivity contribution in [3.8, 4) is 0 Å². The van der Waals surface area contributed by atoms with Gasteiger partial charge in [0.25, 0.3) is 10.0 Å². The zero-order chi connectivity index (χ0) is 20.7. The SMILES string of the molecule is CC1(C)OB(c2ccc(S(=O)(=O)NC34CC5CC(CC(C5)C3)C4)nc2)OC1(C)C. The van der Waals surface area contributed by atoms with E-state index < -0.39 is 28.3 Å². The van der Waals surface area contributed by atoms with Gasteiger partial charge in [-0.25, -0.2) is 18.1 Å². The molecule has 1 saturated heterocycles. The summed E-state index contributed by atoms with van der Waals surface area (Å²) in [6, 6.07) is 3.33. The molecular weight excluding hydrogens is 387 g/mol. The third kappa shape index (κ3) is 3.36. The molecule has 1 aromatic heterocycles. The van der Waals surface area contributed by atoms with Crippen LogP contribution in [0.15, 0.2) is 23.4 Å². The first kappa shape index (κ1) is 20.0. The van der Waals surface area contributed by atoms with Gasteiger partial charge in [-0.3, -0.25) is 0 Å². The molecule has 158 valence electrons. The van der Waals surface area contributed by atoms with E-state index in [1.807, 2.05) is 27.7 Å². The van der Waals surface area contributed by atoms with Crippen molar-refractivity contribution in [3.05, 3.63) is 18.3 Å². The van der Waals surface area contributed by atoms with Crippen LogP contribution in [0.3, 0.4) is 0 Å². The Bertz CT molecular complexity index is 862. The summed E-state index contributed by atoms with van der Waals surface area (Å²) < 4.78 is 41.4. The molecule has 0 aromatic carbocycles. The fourth-order valence-corrected chi connectivity index (χ4v) is 7.61. The lowest BCUT2D eigenvalue weighted by Crippen LogP contribution is -2.59. The van der Waals surface area contributed by atoms with E-state index in [0.717, 1.165) is 24.7 Å². The molecule has 1 N–H and O–H groups in total. The summed E-state index contributed by atoms with van der Waals surface area (Å²) in [5.74, 6) is 2.05. The van der Waals surface area contributed by atoms with E-state index in [-0.39, 0.29) is 10.6 Å². The van der Waals surface area contributed by atoms with Gasteiger partial charge in [0.1, 0.15) is 0 Å². The van der Waals surface area contributed by atoms with Crippen LogP contribution in [0.2, 0.25) is 0 Å². The van der Waals surface area contributed by atoms with Gasteiger partial charge < -0.3 is 9.31 Å². The number of pyridine rings is 1. The lowest BCUT2D eigenvalue weighted by atomic mass is 9.53. The number of hydrogen-bond acceptors (Lipinski definition) is 5. The quantitative estimate of drug-likeness (QED) is 0.761. The van der Waals surface area contributed by atoms with E-state index >= 15 is 0 Å². The molecule has 4 saturated carbocycles. The van der Waals surface area contributed by atoms with Gasteiger partial charge in [0, 0.05) is 17.2 Å². The third-order valence-electron chi connectivity index (χ3n) is 7.95. The highest BCUT2D eigenvalue weighted by Gasteiger charge is 2.53. The number of nitrogens with zero attached hydrogens (tertiary/aromatic N) is 1. The Kier molecular flexibility index (Phi) is 4.33. The minimum Gasteiger partial charge on any atom is -0.399 e. The summed E-state index contributed by atoms with van der Waals surface area (Å²) in [6.07, 6.45) is 8.33. The normalized spacial score (nSPS) is 37.2. The van der Waals surface area contributed by atoms with Crippen molar-refractivity contribution in [1.29, 1.82) is 0 Å². The maximum atomic E-state index is 13.1. The molecule has 6 nitrogen and oxygen atoms in total. The van der Waals surface area contributed by atoms with Crippen LogP contribution in [0.25, 0.3) is 0 Å². The second-order valence-corrected chi connectivity index (χ2v) is 12.5. The maximum absolute atomic E-state index is 13.1. The lowest BCUT2D eigenvalue weighted by molar-refractivity contribution is -0.00813. The molecular formula is C21H31BN2O4S. The Morgan fingerprint density at radius 1 is 0.966 bits per heavy atom. The minimum absolute atomic E-state index is 0.0773. The first-order chi connectivity index (χ1) is 13.5. The number of nitrogens with one attached hydrogen (secondary N) is 1. The summed E-state index contributed by atoms with van der Waals surface area (Å²) >= 11 is 0. The van der Waals surface area contributed by atoms with Gasteiger partial charge in [-0.15, -0.1) is 0 Å². The second-order valence-electron chi connectivity index (χ2n) is 10.8. The first-order valence-electron chi connectivity index (χ1n) is 10.8. The predicted octanol–water partition coefficient (Wildman–Crippen LogP) is 2.63. The molecule has 0 atom stereocenters. The van der Waals surface area contributed by atoms with Gasteiger partial charge in [0.2, 0.25) is 0 Å². The molecule has 5 aliphatic rings. The van der Waals surface area contributed by atoms with Gasteiger partial charge in [0.05, 0.1) is 11.2 Å². The van der Waals surface area contributed by atoms with E-state index in [2.05, 4.69) is 9.71 Å². The Hall–Kier alpha value is -0.955. The predicted molar refractivity (Wildman–Crippen MR) is 111 cm³/mol. The molecule has 1 aliphatic heterocycles. The average molecular weight is 418 g/mol. The summed E-state index contributed by atoms with van der Waals surface area (Å²) in [4.78, 5) is 4.28. The van der Waals surface area contributed by atoms with Crippen LogP contribution in [0.5, 0.6) is 0 Å². The Labute approximate surface area is 174 Å². The van der Waals surface area contributed by atoms with Gasteiger partial charge >= 0.3 is 7.12 Å². The van der Waals surface area contributed by atoms with Crippen LogP contribution in [0.4, 0.5) is 0 Å². The monoisotopic (exact) mass is 418 g/mol. The number of hydrogen-bond donors (Lipinski definition) is 1. The summed E-state index contributed by atoms with van der Waals surface area (Å²) in [7, 11) is -4.19. The van der Waals surface area contributed by atoms with E-state index in [9.17, 15) is 8.42 Å². The number of rotatable bonds is 4. The number of sulfonamides is 1. The highest BCUT2D eigenvalue weighted by molar-refractivity contribution is 7.89. The zero-order valence-electron chi connectivity index (χ0n) is 17.8. The van der Waals surface area contributed by atoms with E-state index in [1.54, 1.807) is 18.3 Å². The van der Waals surface area contributed by atoms with Crippen LogP contribution in [0, 0.1) is 17.8 Å². The smallest absolute Gasteiger partial charge is 0.399 e. The van der Waals surface area contributed by atoms with E-state index in [4.69, 9.17) is 9.31 Å². The lowest BCUT2D eigenvalue weighted by Gasteiger charge is -2.56. The minimum atomic E-state index is -3.65. The van der Waals surface area contributed by atoms with Crippen LogP contribution in [0.1, 0.15) is 66.2 Å². The fourth-order valence-electron chi connectivity index (χ4n) is 6.24. The standard InChI is InChI=1S/C21H31BN2O4S/c1-19(2)20(3,4)28-22(27-19)17-5-6-18(23-13-17)29(25,26)24-21-10-14-7-15(11-21)9-16(8-14)12-21/h5-6,13-16,24H,7-12H2,1-4H3. The van der Waals surface area contributed by atoms with E-state index in [1.165, 1.54) is 19.3 Å². The van der Waals surface area contributed by atoms with Gasteiger partial charge in [-0.1, -0.05) is 6.07 Å². The molecule has 4 bridgehead atoms. The van der Waals surface area contributed by atoms with Gasteiger partial charge in [-0.05, 0) is 90.0 Å². The molecule has 0 spiro atoms. The third-order valence-corrected chi connectivity index (χ3v) is 9.44. The molecule has 0 radical (unpaired) electrons. The average Bonchev–Trinajstić information content (AvgIpc) is 2.80. The molecule has 29 heavy (non-hydrogen) atoms. The Morgan fingerprint density at radius 2 is 1.48 bits per heavy atom. The van der Waals surface area contributed by atoms with Crippen molar-refractivity contribution in [2.24, 2.45) is 17.8 Å². The fraction of sp³-hybridized carbons (Fsp3) is 0.762. The highest BCUT2D eigenvalue weighted by atomic mass is 32.2. The zero-order valence-corrected chi connectivity index (χ0v) is 18.6. The first-order valence-corrected chi connectivity index (χ1v) is 12.3. The molecule has 0 amide bonds. The van der Waals surface area contributed by atoms with Crippen LogP contribution in [-0.4, -0.2) is 37.3 Å². The molecule has 6 rings (SSSR count). The number of aromatic nitrogens is 1. The molecule has 4 aliphatic carbocycles. The summed E-state index contributed by atoms with van der Waals surface area (Å²) in [6.45, 7) is 7.98. The maximum Gasteiger partial charge on any atom is 0.496 e. The van der Waals surface area contributed by atoms with Crippen LogP contribution >= 0.6 is 0 Å². The highest BCUT2D eigenvalue weighted by Crippen LogP contribution is 2.55. The van der Waals surface area contributed by atoms with Crippen LogP contribution < -0.4 is 10.2 Å². The van der Waals surface area contributed by atoms with Crippen molar-refractivity contribution < 1.29 is 17.7 Å². The van der Waals surface area contributed by atoms with Crippen molar-refractivity contribution in [3.63, 3.8) is 0 Å². The molecule has 2 heterocycles. The van der Waals surface area contributed by atoms with Gasteiger partial charge in [0.15, 0.2) is 5.03 Å². The van der Waals surface area contributed by atoms with E-state index in [0.29, 0.717) is 17.8 Å². The van der Waals surface area contributed by atoms with Crippen molar-refractivity contribution >= 4 is 22.6 Å². The van der Waals surface area contributed by atoms with Crippen LogP contribution in [-0.2, 0) is 19.3 Å². The van der Waals surface area contributed by atoms with Crippen molar-refractivity contribution in [1.82, 2.24) is 9.71 Å². The second kappa shape index (κ2) is 6.28. The molecule has 8 heteroatoms. The van der Waals surface area contributed by atoms with Crippen molar-refractivity contribution in [2.45, 2.75) is 88.0 Å². The molecule has 5 fully saturated rings. The molecule has 1 aromatic rings. The Morgan fingerprint density at radius 3 is 1.93 bits per heavy atom. The summed E-state index contributed by atoms with van der Waals surface area (Å²) in [5.41, 5.74) is -0.414. The Balaban J connectivity index is 1.34. The summed E-state index contributed by atoms with van der Waals surface area (Å²) in [5, 5.41) is 0.0773. The topological polar surface area (TPSA) is 77.5 Å². The molecule has 0 unspecified atom stereocenters. The van der Waals surface area contributed by atoms with Gasteiger partial charge in [-0.2, -0.15) is 0 Å².